The van der Waals surface area contributed by atoms with Crippen LogP contribution in [0.5, 0.6) is 0 Å². The minimum absolute atomic E-state index is 0.0902. The highest BCUT2D eigenvalue weighted by Crippen LogP contribution is 2.43. The van der Waals surface area contributed by atoms with Crippen molar-refractivity contribution >= 4 is 0 Å². The van der Waals surface area contributed by atoms with Gasteiger partial charge in [-0.25, -0.2) is 13.2 Å². The molecular formula is C19H11F3. The summed E-state index contributed by atoms with van der Waals surface area (Å²) in [5, 5.41) is 0. The highest BCUT2D eigenvalue weighted by molar-refractivity contribution is 5.90. The van der Waals surface area contributed by atoms with Crippen LogP contribution in [-0.4, -0.2) is 0 Å². The van der Waals surface area contributed by atoms with Gasteiger partial charge in [0.1, 0.15) is 0 Å². The van der Waals surface area contributed by atoms with E-state index in [2.05, 4.69) is 0 Å². The average molecular weight is 296 g/mol. The van der Waals surface area contributed by atoms with Gasteiger partial charge in [0, 0.05) is 5.56 Å². The first kappa shape index (κ1) is 13.1. The van der Waals surface area contributed by atoms with E-state index in [4.69, 9.17) is 0 Å². The van der Waals surface area contributed by atoms with Crippen LogP contribution in [0, 0.1) is 17.5 Å². The predicted molar refractivity (Wildman–Crippen MR) is 80.0 cm³/mol. The van der Waals surface area contributed by atoms with Gasteiger partial charge in [0.25, 0.3) is 0 Å². The lowest BCUT2D eigenvalue weighted by Gasteiger charge is -2.11. The van der Waals surface area contributed by atoms with Crippen LogP contribution in [0.15, 0.2) is 54.6 Å². The van der Waals surface area contributed by atoms with Crippen molar-refractivity contribution < 1.29 is 13.2 Å². The third-order valence-electron chi connectivity index (χ3n) is 4.14. The molecule has 0 fully saturated rings. The van der Waals surface area contributed by atoms with Gasteiger partial charge in [-0.2, -0.15) is 0 Å². The van der Waals surface area contributed by atoms with Crippen LogP contribution in [0.2, 0.25) is 0 Å². The number of rotatable bonds is 1. The van der Waals surface area contributed by atoms with Crippen molar-refractivity contribution in [1.29, 1.82) is 0 Å². The summed E-state index contributed by atoms with van der Waals surface area (Å²) in [6.45, 7) is 0. The molecule has 108 valence electrons. The number of hydrogen-bond acceptors (Lipinski definition) is 0. The Kier molecular flexibility index (Phi) is 2.83. The molecule has 0 saturated carbocycles. The lowest BCUT2D eigenvalue weighted by atomic mass is 9.94. The van der Waals surface area contributed by atoms with Gasteiger partial charge in [0.05, 0.1) is 0 Å². The van der Waals surface area contributed by atoms with E-state index in [1.54, 1.807) is 6.07 Å². The molecule has 0 saturated heterocycles. The van der Waals surface area contributed by atoms with Crippen LogP contribution in [0.25, 0.3) is 22.3 Å². The number of benzene rings is 3. The molecule has 0 aromatic heterocycles. The zero-order valence-corrected chi connectivity index (χ0v) is 11.5. The summed E-state index contributed by atoms with van der Waals surface area (Å²) in [5.41, 5.74) is 4.85. The van der Waals surface area contributed by atoms with Crippen LogP contribution in [0.3, 0.4) is 0 Å². The summed E-state index contributed by atoms with van der Waals surface area (Å²) in [7, 11) is 0. The van der Waals surface area contributed by atoms with Crippen molar-refractivity contribution in [3.63, 3.8) is 0 Å². The molecule has 3 heteroatoms. The zero-order chi connectivity index (χ0) is 15.3. The Morgan fingerprint density at radius 2 is 1.32 bits per heavy atom. The van der Waals surface area contributed by atoms with Gasteiger partial charge in [-0.1, -0.05) is 42.5 Å². The van der Waals surface area contributed by atoms with Crippen LogP contribution in [0.4, 0.5) is 13.2 Å². The fourth-order valence-electron chi connectivity index (χ4n) is 3.15. The van der Waals surface area contributed by atoms with E-state index in [1.165, 1.54) is 6.07 Å². The normalized spacial score (nSPS) is 12.1. The lowest BCUT2D eigenvalue weighted by Crippen LogP contribution is -1.95. The Balaban J connectivity index is 2.01. The maximum Gasteiger partial charge on any atom is 0.195 e. The highest BCUT2D eigenvalue weighted by Gasteiger charge is 2.24. The molecule has 3 aromatic rings. The summed E-state index contributed by atoms with van der Waals surface area (Å²) < 4.78 is 40.9. The molecule has 1 aliphatic rings. The minimum Gasteiger partial charge on any atom is -0.204 e. The van der Waals surface area contributed by atoms with Crippen LogP contribution >= 0.6 is 0 Å². The quantitative estimate of drug-likeness (QED) is 0.416. The average Bonchev–Trinajstić information content (AvgIpc) is 2.91. The third-order valence-corrected chi connectivity index (χ3v) is 4.14. The fourth-order valence-corrected chi connectivity index (χ4v) is 3.15. The monoisotopic (exact) mass is 296 g/mol. The molecule has 0 atom stereocenters. The van der Waals surface area contributed by atoms with Gasteiger partial charge >= 0.3 is 0 Å². The van der Waals surface area contributed by atoms with E-state index in [-0.39, 0.29) is 5.56 Å². The maximum absolute atomic E-state index is 14.2. The first-order valence-corrected chi connectivity index (χ1v) is 7.01. The topological polar surface area (TPSA) is 0 Å². The van der Waals surface area contributed by atoms with E-state index in [1.807, 2.05) is 36.4 Å². The largest absolute Gasteiger partial charge is 0.204 e. The van der Waals surface area contributed by atoms with Gasteiger partial charge in [-0.05, 0) is 46.4 Å². The van der Waals surface area contributed by atoms with Crippen LogP contribution in [-0.2, 0) is 6.42 Å². The van der Waals surface area contributed by atoms with Crippen LogP contribution < -0.4 is 0 Å². The lowest BCUT2D eigenvalue weighted by molar-refractivity contribution is 0.449. The maximum atomic E-state index is 14.2. The molecule has 0 unspecified atom stereocenters. The molecule has 4 rings (SSSR count). The number of halogens is 3. The third kappa shape index (κ3) is 1.78. The first-order valence-electron chi connectivity index (χ1n) is 7.01. The summed E-state index contributed by atoms with van der Waals surface area (Å²) in [6.07, 6.45) is 0.768. The van der Waals surface area contributed by atoms with E-state index in [0.717, 1.165) is 34.7 Å². The molecule has 22 heavy (non-hydrogen) atoms. The molecule has 0 spiro atoms. The summed E-state index contributed by atoms with van der Waals surface area (Å²) in [5.74, 6) is -3.74. The van der Waals surface area contributed by atoms with E-state index < -0.39 is 17.5 Å². The fraction of sp³-hybridized carbons (Fsp3) is 0.0526. The van der Waals surface area contributed by atoms with Gasteiger partial charge in [0.15, 0.2) is 17.5 Å². The van der Waals surface area contributed by atoms with E-state index in [9.17, 15) is 13.2 Å². The number of hydrogen-bond donors (Lipinski definition) is 0. The molecule has 0 bridgehead atoms. The molecule has 0 amide bonds. The van der Waals surface area contributed by atoms with E-state index >= 15 is 0 Å². The molecule has 0 heterocycles. The predicted octanol–water partition coefficient (Wildman–Crippen LogP) is 5.34. The second kappa shape index (κ2) is 4.73. The van der Waals surface area contributed by atoms with Crippen molar-refractivity contribution in [3.05, 3.63) is 83.2 Å². The molecule has 1 aliphatic carbocycles. The number of fused-ring (bicyclic) bond motifs is 3. The van der Waals surface area contributed by atoms with Gasteiger partial charge in [-0.15, -0.1) is 0 Å². The summed E-state index contributed by atoms with van der Waals surface area (Å²) in [4.78, 5) is 0. The summed E-state index contributed by atoms with van der Waals surface area (Å²) >= 11 is 0. The zero-order valence-electron chi connectivity index (χ0n) is 11.5. The van der Waals surface area contributed by atoms with E-state index in [0.29, 0.717) is 5.56 Å². The first-order chi connectivity index (χ1) is 10.7. The highest BCUT2D eigenvalue weighted by atomic mass is 19.2. The molecular weight excluding hydrogens is 285 g/mol. The van der Waals surface area contributed by atoms with Crippen LogP contribution in [0.1, 0.15) is 11.1 Å². The molecule has 0 radical (unpaired) electrons. The molecule has 0 N–H and O–H groups in total. The van der Waals surface area contributed by atoms with Crippen molar-refractivity contribution in [2.45, 2.75) is 6.42 Å². The standard InChI is InChI=1S/C19H11F3/c20-16-9-8-15(18(21)19(16)22)14-7-3-5-12-10-11-4-1-2-6-13(11)17(12)14/h1-9H,10H2. The van der Waals surface area contributed by atoms with Crippen molar-refractivity contribution in [3.8, 4) is 22.3 Å². The summed E-state index contributed by atoms with van der Waals surface area (Å²) in [6, 6.07) is 15.7. The smallest absolute Gasteiger partial charge is 0.195 e. The second-order valence-corrected chi connectivity index (χ2v) is 5.40. The Morgan fingerprint density at radius 1 is 0.591 bits per heavy atom. The van der Waals surface area contributed by atoms with Gasteiger partial charge in [-0.3, -0.25) is 0 Å². The molecule has 3 aromatic carbocycles. The molecule has 0 aliphatic heterocycles. The Morgan fingerprint density at radius 3 is 2.18 bits per heavy atom. The van der Waals surface area contributed by atoms with Gasteiger partial charge < -0.3 is 0 Å². The Bertz CT molecular complexity index is 897. The Hall–Kier alpha value is -2.55. The minimum atomic E-state index is -1.43. The SMILES string of the molecule is Fc1ccc(-c2cccc3c2-c2ccccc2C3)c(F)c1F. The van der Waals surface area contributed by atoms with Crippen molar-refractivity contribution in [1.82, 2.24) is 0 Å². The molecule has 0 nitrogen and oxygen atoms in total. The van der Waals surface area contributed by atoms with Gasteiger partial charge in [0.2, 0.25) is 0 Å². The van der Waals surface area contributed by atoms with Crippen molar-refractivity contribution in [2.24, 2.45) is 0 Å². The Labute approximate surface area is 125 Å². The second-order valence-electron chi connectivity index (χ2n) is 5.40. The van der Waals surface area contributed by atoms with Crippen molar-refractivity contribution in [2.75, 3.05) is 0 Å².